The van der Waals surface area contributed by atoms with Crippen molar-refractivity contribution >= 4 is 17.9 Å². The van der Waals surface area contributed by atoms with Gasteiger partial charge in [-0.05, 0) is 148 Å². The molecule has 0 aliphatic heterocycles. The second-order valence-corrected chi connectivity index (χ2v) is 19.8. The lowest BCUT2D eigenvalue weighted by molar-refractivity contribution is -0.166. The zero-order chi connectivity index (χ0) is 57.8. The van der Waals surface area contributed by atoms with Gasteiger partial charge in [0, 0.05) is 19.3 Å². The van der Waals surface area contributed by atoms with E-state index >= 15 is 0 Å². The Morgan fingerprint density at radius 2 is 0.512 bits per heavy atom. The number of carbonyl (C=O) groups excluding carboxylic acids is 3. The summed E-state index contributed by atoms with van der Waals surface area (Å²) in [6, 6.07) is 0. The lowest BCUT2D eigenvalue weighted by Gasteiger charge is -2.18. The molecule has 0 saturated carbocycles. The van der Waals surface area contributed by atoms with Gasteiger partial charge in [0.15, 0.2) is 6.10 Å². The number of hydrogen-bond acceptors (Lipinski definition) is 6. The fraction of sp³-hybridized carbons (Fsp3) is 0.527. The van der Waals surface area contributed by atoms with Crippen molar-refractivity contribution in [1.29, 1.82) is 0 Å². The Labute approximate surface area is 490 Å². The zero-order valence-electron chi connectivity index (χ0n) is 50.8. The van der Waals surface area contributed by atoms with Crippen LogP contribution in [0.25, 0.3) is 0 Å². The molecule has 0 aromatic rings. The Bertz CT molecular complexity index is 1930. The molecule has 0 N–H and O–H groups in total. The van der Waals surface area contributed by atoms with Crippen LogP contribution >= 0.6 is 0 Å². The number of allylic oxidation sites excluding steroid dienone is 32. The van der Waals surface area contributed by atoms with Crippen molar-refractivity contribution in [3.63, 3.8) is 0 Å². The van der Waals surface area contributed by atoms with E-state index in [0.717, 1.165) is 173 Å². The topological polar surface area (TPSA) is 78.9 Å². The summed E-state index contributed by atoms with van der Waals surface area (Å²) in [7, 11) is 0. The van der Waals surface area contributed by atoms with Gasteiger partial charge < -0.3 is 14.2 Å². The summed E-state index contributed by atoms with van der Waals surface area (Å²) >= 11 is 0. The van der Waals surface area contributed by atoms with E-state index in [9.17, 15) is 14.4 Å². The smallest absolute Gasteiger partial charge is 0.306 e. The van der Waals surface area contributed by atoms with Gasteiger partial charge in [-0.2, -0.15) is 0 Å². The van der Waals surface area contributed by atoms with Gasteiger partial charge in [-0.25, -0.2) is 0 Å². The molecule has 0 aliphatic rings. The Morgan fingerprint density at radius 3 is 0.825 bits per heavy atom. The van der Waals surface area contributed by atoms with Gasteiger partial charge in [0.25, 0.3) is 0 Å². The van der Waals surface area contributed by atoms with Crippen molar-refractivity contribution < 1.29 is 28.6 Å². The van der Waals surface area contributed by atoms with E-state index < -0.39 is 12.1 Å². The number of ether oxygens (including phenoxy) is 3. The Balaban J connectivity index is 4.40. The predicted octanol–water partition coefficient (Wildman–Crippen LogP) is 21.8. The van der Waals surface area contributed by atoms with E-state index in [-0.39, 0.29) is 31.6 Å². The predicted molar refractivity (Wildman–Crippen MR) is 347 cm³/mol. The largest absolute Gasteiger partial charge is 0.462 e. The second-order valence-electron chi connectivity index (χ2n) is 19.8. The fourth-order valence-corrected chi connectivity index (χ4v) is 7.70. The maximum atomic E-state index is 12.8. The molecule has 0 aromatic carbocycles. The van der Waals surface area contributed by atoms with Crippen molar-refractivity contribution in [2.45, 2.75) is 239 Å². The number of esters is 3. The lowest BCUT2D eigenvalue weighted by Crippen LogP contribution is -2.30. The molecule has 80 heavy (non-hydrogen) atoms. The van der Waals surface area contributed by atoms with Gasteiger partial charge in [-0.3, -0.25) is 14.4 Å². The number of hydrogen-bond donors (Lipinski definition) is 0. The summed E-state index contributed by atoms with van der Waals surface area (Å²) in [6.07, 6.45) is 100. The van der Waals surface area contributed by atoms with Crippen molar-refractivity contribution in [2.24, 2.45) is 0 Å². The second kappa shape index (κ2) is 65.8. The molecule has 0 aliphatic carbocycles. The third kappa shape index (κ3) is 63.1. The molecule has 6 nitrogen and oxygen atoms in total. The molecule has 0 bridgehead atoms. The van der Waals surface area contributed by atoms with Crippen LogP contribution in [0.2, 0.25) is 0 Å². The third-order valence-electron chi connectivity index (χ3n) is 12.3. The molecule has 1 atom stereocenters. The summed E-state index contributed by atoms with van der Waals surface area (Å²) in [5.74, 6) is -1.06. The normalized spacial score (nSPS) is 13.5. The molecule has 1 unspecified atom stereocenters. The first-order valence-electron chi connectivity index (χ1n) is 31.4. The van der Waals surface area contributed by atoms with Gasteiger partial charge in [-0.15, -0.1) is 0 Å². The van der Waals surface area contributed by atoms with Crippen LogP contribution in [0.3, 0.4) is 0 Å². The third-order valence-corrected chi connectivity index (χ3v) is 12.3. The van der Waals surface area contributed by atoms with Crippen molar-refractivity contribution in [3.8, 4) is 0 Å². The summed E-state index contributed by atoms with van der Waals surface area (Å²) in [5.41, 5.74) is 0. The lowest BCUT2D eigenvalue weighted by atomic mass is 10.1. The maximum Gasteiger partial charge on any atom is 0.306 e. The minimum Gasteiger partial charge on any atom is -0.462 e. The minimum atomic E-state index is -0.841. The van der Waals surface area contributed by atoms with Crippen LogP contribution in [0.4, 0.5) is 0 Å². The molecule has 0 heterocycles. The van der Waals surface area contributed by atoms with E-state index in [2.05, 4.69) is 203 Å². The molecule has 0 aromatic heterocycles. The van der Waals surface area contributed by atoms with Gasteiger partial charge in [0.1, 0.15) is 13.2 Å². The van der Waals surface area contributed by atoms with Gasteiger partial charge in [-0.1, -0.05) is 260 Å². The van der Waals surface area contributed by atoms with Crippen LogP contribution in [0.15, 0.2) is 194 Å². The van der Waals surface area contributed by atoms with Crippen LogP contribution in [0, 0.1) is 0 Å². The molecule has 0 amide bonds. The average molecular weight is 1100 g/mol. The minimum absolute atomic E-state index is 0.129. The Hall–Kier alpha value is -5.75. The van der Waals surface area contributed by atoms with Crippen LogP contribution in [-0.4, -0.2) is 37.2 Å². The zero-order valence-corrected chi connectivity index (χ0v) is 50.8. The molecule has 0 spiro atoms. The highest BCUT2D eigenvalue weighted by Gasteiger charge is 2.19. The van der Waals surface area contributed by atoms with Crippen LogP contribution in [0.5, 0.6) is 0 Å². The number of unbranched alkanes of at least 4 members (excludes halogenated alkanes) is 11. The SMILES string of the molecule is CC/C=C\C/C=C\C/C=C\C/C=C\C/C=C\C/C=C\C/C=C\C/C=C\C/C=C\CCCCCCCC(=O)OCC(COC(=O)CCCCCCC/C=C\CCC)OC(=O)CC/C=C\C/C=C\C/C=C\C/C=C\C/C=C\C/C=C\CC. The molecule has 0 radical (unpaired) electrons. The highest BCUT2D eigenvalue weighted by molar-refractivity contribution is 5.71. The van der Waals surface area contributed by atoms with Crippen molar-refractivity contribution in [1.82, 2.24) is 0 Å². The summed E-state index contributed by atoms with van der Waals surface area (Å²) < 4.78 is 16.8. The standard InChI is InChI=1S/C74H112O6/c1-4-7-10-13-16-19-22-24-26-28-30-31-32-33-34-35-36-37-38-39-40-41-42-43-45-46-48-50-52-55-58-61-64-67-73(76)79-70-71(69-78-72(75)66-63-60-57-54-21-18-15-12-9-6-3)80-74(77)68-65-62-59-56-53-51-49-47-44-29-27-25-23-20-17-14-11-8-5-2/h7-8,10-12,15-17,19-20,24-27,30-31,33-34,36-37,39-40,42-44,46-48,51,53,59,62,71H,4-6,9,13-14,18,21-23,28-29,32,35,38,41,45,49-50,52,54-58,60-61,63-70H2,1-3H3/b10-7-,11-8-,15-12-,19-16-,20-17-,26-24-,27-25-,31-30-,34-33-,37-36-,40-39-,43-42-,47-44-,48-46-,53-51-,62-59-. The number of rotatable bonds is 54. The number of carbonyl (C=O) groups is 3. The highest BCUT2D eigenvalue weighted by atomic mass is 16.6. The van der Waals surface area contributed by atoms with Crippen LogP contribution in [-0.2, 0) is 28.6 Å². The fourth-order valence-electron chi connectivity index (χ4n) is 7.70. The van der Waals surface area contributed by atoms with Crippen LogP contribution < -0.4 is 0 Å². The quantitative estimate of drug-likeness (QED) is 0.0261. The van der Waals surface area contributed by atoms with Gasteiger partial charge >= 0.3 is 17.9 Å². The van der Waals surface area contributed by atoms with E-state index in [1.165, 1.54) is 12.8 Å². The molecular weight excluding hydrogens is 985 g/mol. The van der Waals surface area contributed by atoms with Gasteiger partial charge in [0.2, 0.25) is 0 Å². The summed E-state index contributed by atoms with van der Waals surface area (Å²) in [5, 5.41) is 0. The maximum absolute atomic E-state index is 12.8. The summed E-state index contributed by atoms with van der Waals surface area (Å²) in [4.78, 5) is 38.1. The molecule has 444 valence electrons. The van der Waals surface area contributed by atoms with Crippen molar-refractivity contribution in [3.05, 3.63) is 194 Å². The van der Waals surface area contributed by atoms with E-state index in [1.54, 1.807) is 0 Å². The average Bonchev–Trinajstić information content (AvgIpc) is 3.46. The Kier molecular flexibility index (Phi) is 61.0. The van der Waals surface area contributed by atoms with E-state index in [4.69, 9.17) is 14.2 Å². The van der Waals surface area contributed by atoms with Crippen LogP contribution in [0.1, 0.15) is 233 Å². The van der Waals surface area contributed by atoms with E-state index in [1.807, 2.05) is 12.2 Å². The Morgan fingerprint density at radius 1 is 0.263 bits per heavy atom. The molecule has 6 heteroatoms. The first kappa shape index (κ1) is 74.2. The molecule has 0 fully saturated rings. The first-order chi connectivity index (χ1) is 39.5. The molecular formula is C74H112O6. The monoisotopic (exact) mass is 1100 g/mol. The van der Waals surface area contributed by atoms with Crippen molar-refractivity contribution in [2.75, 3.05) is 13.2 Å². The highest BCUT2D eigenvalue weighted by Crippen LogP contribution is 2.12. The van der Waals surface area contributed by atoms with E-state index in [0.29, 0.717) is 19.3 Å². The summed E-state index contributed by atoms with van der Waals surface area (Å²) in [6.45, 7) is 6.24. The molecule has 0 rings (SSSR count). The van der Waals surface area contributed by atoms with Gasteiger partial charge in [0.05, 0.1) is 0 Å². The first-order valence-corrected chi connectivity index (χ1v) is 31.4. The molecule has 0 saturated heterocycles.